The number of amides is 2. The Bertz CT molecular complexity index is 912. The van der Waals surface area contributed by atoms with Crippen molar-refractivity contribution in [2.75, 3.05) is 12.4 Å². The molecule has 3 rings (SSSR count). The third kappa shape index (κ3) is 4.15. The van der Waals surface area contributed by atoms with Crippen LogP contribution in [0.15, 0.2) is 36.4 Å². The average Bonchev–Trinajstić information content (AvgIpc) is 3.17. The van der Waals surface area contributed by atoms with Crippen LogP contribution in [0.2, 0.25) is 15.1 Å². The van der Waals surface area contributed by atoms with E-state index in [-0.39, 0.29) is 22.4 Å². The summed E-state index contributed by atoms with van der Waals surface area (Å²) in [6.07, 6.45) is 0. The molecular weight excluding hydrogens is 453 g/mol. The van der Waals surface area contributed by atoms with Gasteiger partial charge in [0.25, 0.3) is 5.91 Å². The smallest absolute Gasteiger partial charge is 0.252 e. The van der Waals surface area contributed by atoms with Crippen LogP contribution in [0.25, 0.3) is 0 Å². The van der Waals surface area contributed by atoms with E-state index in [0.29, 0.717) is 21.3 Å². The van der Waals surface area contributed by atoms with E-state index in [1.807, 2.05) is 0 Å². The number of anilines is 1. The summed E-state index contributed by atoms with van der Waals surface area (Å²) in [5, 5.41) is 6.34. The van der Waals surface area contributed by atoms with Crippen molar-refractivity contribution < 1.29 is 9.59 Å². The van der Waals surface area contributed by atoms with Crippen LogP contribution >= 0.6 is 58.0 Å². The fourth-order valence-electron chi connectivity index (χ4n) is 2.95. The lowest BCUT2D eigenvalue weighted by Crippen LogP contribution is -2.20. The maximum Gasteiger partial charge on any atom is 0.252 e. The zero-order valence-corrected chi connectivity index (χ0v) is 17.6. The largest absolute Gasteiger partial charge is 0.355 e. The van der Waals surface area contributed by atoms with Crippen molar-refractivity contribution in [2.24, 2.45) is 5.92 Å². The normalized spacial score (nSPS) is 20.1. The number of halogens is 5. The van der Waals surface area contributed by atoms with E-state index in [1.165, 1.54) is 19.2 Å². The molecule has 2 aromatic rings. The molecule has 0 spiro atoms. The molecule has 0 heterocycles. The minimum atomic E-state index is -1.28. The average molecular weight is 467 g/mol. The Kier molecular flexibility index (Phi) is 5.85. The lowest BCUT2D eigenvalue weighted by molar-refractivity contribution is -0.117. The van der Waals surface area contributed by atoms with Gasteiger partial charge in [0.2, 0.25) is 5.91 Å². The van der Waals surface area contributed by atoms with E-state index in [4.69, 9.17) is 58.0 Å². The summed E-state index contributed by atoms with van der Waals surface area (Å²) in [5.74, 6) is -1.90. The van der Waals surface area contributed by atoms with Gasteiger partial charge in [-0.1, -0.05) is 34.8 Å². The highest BCUT2D eigenvalue weighted by Crippen LogP contribution is 2.65. The summed E-state index contributed by atoms with van der Waals surface area (Å²) in [7, 11) is 1.49. The molecule has 2 atom stereocenters. The van der Waals surface area contributed by atoms with Gasteiger partial charge in [0.05, 0.1) is 16.5 Å². The van der Waals surface area contributed by atoms with Crippen LogP contribution in [0.4, 0.5) is 5.69 Å². The van der Waals surface area contributed by atoms with Gasteiger partial charge in [-0.15, -0.1) is 23.2 Å². The number of benzene rings is 2. The molecule has 0 bridgehead atoms. The summed E-state index contributed by atoms with van der Waals surface area (Å²) in [6, 6.07) is 9.54. The fourth-order valence-corrected chi connectivity index (χ4v) is 4.53. The van der Waals surface area contributed by atoms with Gasteiger partial charge < -0.3 is 10.6 Å². The first-order chi connectivity index (χ1) is 12.6. The van der Waals surface area contributed by atoms with Gasteiger partial charge in [-0.05, 0) is 42.0 Å². The Morgan fingerprint density at radius 2 is 1.63 bits per heavy atom. The van der Waals surface area contributed by atoms with Crippen molar-refractivity contribution in [1.82, 2.24) is 5.32 Å². The van der Waals surface area contributed by atoms with Crippen LogP contribution in [-0.4, -0.2) is 23.2 Å². The minimum Gasteiger partial charge on any atom is -0.355 e. The van der Waals surface area contributed by atoms with Crippen molar-refractivity contribution in [3.8, 4) is 0 Å². The standard InChI is InChI=1S/C18H13Cl5N2O2/c1-24-16(26)12-7-11(2-3-13(12)21)25-17(27)15-14(18(15,22)23)8-4-9(19)6-10(20)5-8/h2-7,14-15H,1H3,(H,24,26)(H,25,27)/t14-,15+/m1/s1. The lowest BCUT2D eigenvalue weighted by atomic mass is 10.1. The zero-order chi connectivity index (χ0) is 19.9. The lowest BCUT2D eigenvalue weighted by Gasteiger charge is -2.09. The molecule has 0 radical (unpaired) electrons. The molecule has 2 amide bonds. The van der Waals surface area contributed by atoms with E-state index in [2.05, 4.69) is 10.6 Å². The number of carbonyl (C=O) groups is 2. The summed E-state index contributed by atoms with van der Waals surface area (Å²) in [5.41, 5.74) is 1.33. The molecular formula is C18H13Cl5N2O2. The molecule has 1 aliphatic rings. The monoisotopic (exact) mass is 464 g/mol. The van der Waals surface area contributed by atoms with Crippen LogP contribution in [0.3, 0.4) is 0 Å². The number of rotatable bonds is 4. The molecule has 2 N–H and O–H groups in total. The van der Waals surface area contributed by atoms with E-state index in [0.717, 1.165) is 0 Å². The third-order valence-electron chi connectivity index (χ3n) is 4.29. The quantitative estimate of drug-likeness (QED) is 0.582. The highest BCUT2D eigenvalue weighted by atomic mass is 35.5. The SMILES string of the molecule is CNC(=O)c1cc(NC(=O)[C@@H]2[C@@H](c3cc(Cl)cc(Cl)c3)C2(Cl)Cl)ccc1Cl. The molecule has 0 aliphatic heterocycles. The van der Waals surface area contributed by atoms with Crippen LogP contribution in [0.5, 0.6) is 0 Å². The van der Waals surface area contributed by atoms with Gasteiger partial charge in [-0.3, -0.25) is 9.59 Å². The maximum atomic E-state index is 12.7. The number of hydrogen-bond donors (Lipinski definition) is 2. The predicted octanol–water partition coefficient (Wildman–Crippen LogP) is 5.53. The van der Waals surface area contributed by atoms with Crippen LogP contribution in [0, 0.1) is 5.92 Å². The minimum absolute atomic E-state index is 0.244. The summed E-state index contributed by atoms with van der Waals surface area (Å²) in [6.45, 7) is 0. The first kappa shape index (κ1) is 20.6. The van der Waals surface area contributed by atoms with Crippen molar-refractivity contribution in [3.05, 3.63) is 62.6 Å². The van der Waals surface area contributed by atoms with Crippen molar-refractivity contribution in [2.45, 2.75) is 10.3 Å². The third-order valence-corrected chi connectivity index (χ3v) is 5.99. The van der Waals surface area contributed by atoms with E-state index in [1.54, 1.807) is 24.3 Å². The Morgan fingerprint density at radius 3 is 2.22 bits per heavy atom. The second-order valence-electron chi connectivity index (χ2n) is 6.10. The molecule has 1 aliphatic carbocycles. The number of carbonyl (C=O) groups excluding carboxylic acids is 2. The maximum absolute atomic E-state index is 12.7. The van der Waals surface area contributed by atoms with Gasteiger partial charge in [0, 0.05) is 28.7 Å². The summed E-state index contributed by atoms with van der Waals surface area (Å²) >= 11 is 30.7. The van der Waals surface area contributed by atoms with Gasteiger partial charge in [-0.2, -0.15) is 0 Å². The highest BCUT2D eigenvalue weighted by molar-refractivity contribution is 6.53. The molecule has 27 heavy (non-hydrogen) atoms. The Labute approximate surface area is 181 Å². The van der Waals surface area contributed by atoms with Crippen molar-refractivity contribution in [1.29, 1.82) is 0 Å². The summed E-state index contributed by atoms with van der Waals surface area (Å²) < 4.78 is -1.28. The van der Waals surface area contributed by atoms with Gasteiger partial charge >= 0.3 is 0 Å². The summed E-state index contributed by atoms with van der Waals surface area (Å²) in [4.78, 5) is 24.5. The molecule has 2 aromatic carbocycles. The second kappa shape index (κ2) is 7.69. The molecule has 142 valence electrons. The van der Waals surface area contributed by atoms with Crippen LogP contribution in [-0.2, 0) is 4.79 Å². The first-order valence-electron chi connectivity index (χ1n) is 7.81. The molecule has 0 unspecified atom stereocenters. The molecule has 0 saturated heterocycles. The number of hydrogen-bond acceptors (Lipinski definition) is 2. The van der Waals surface area contributed by atoms with Crippen LogP contribution in [0.1, 0.15) is 21.8 Å². The van der Waals surface area contributed by atoms with E-state index in [9.17, 15) is 9.59 Å². The fraction of sp³-hybridized carbons (Fsp3) is 0.222. The molecule has 1 saturated carbocycles. The van der Waals surface area contributed by atoms with Gasteiger partial charge in [-0.25, -0.2) is 0 Å². The first-order valence-corrected chi connectivity index (χ1v) is 9.70. The van der Waals surface area contributed by atoms with E-state index >= 15 is 0 Å². The Balaban J connectivity index is 1.81. The Hall–Kier alpha value is -1.17. The highest BCUT2D eigenvalue weighted by Gasteiger charge is 2.67. The number of alkyl halides is 2. The molecule has 9 heteroatoms. The second-order valence-corrected chi connectivity index (χ2v) is 8.82. The Morgan fingerprint density at radius 1 is 1.00 bits per heavy atom. The van der Waals surface area contributed by atoms with Gasteiger partial charge in [0.15, 0.2) is 0 Å². The number of nitrogens with one attached hydrogen (secondary N) is 2. The predicted molar refractivity (Wildman–Crippen MR) is 111 cm³/mol. The van der Waals surface area contributed by atoms with E-state index < -0.39 is 16.2 Å². The van der Waals surface area contributed by atoms with Gasteiger partial charge in [0.1, 0.15) is 4.33 Å². The van der Waals surface area contributed by atoms with Crippen molar-refractivity contribution >= 4 is 75.5 Å². The van der Waals surface area contributed by atoms with Crippen LogP contribution < -0.4 is 10.6 Å². The van der Waals surface area contributed by atoms with Crippen molar-refractivity contribution in [3.63, 3.8) is 0 Å². The molecule has 0 aromatic heterocycles. The molecule has 1 fully saturated rings. The zero-order valence-electron chi connectivity index (χ0n) is 13.8. The molecule has 4 nitrogen and oxygen atoms in total. The topological polar surface area (TPSA) is 58.2 Å².